The van der Waals surface area contributed by atoms with Crippen LogP contribution < -0.4 is 10.1 Å². The number of hydrogen-bond acceptors (Lipinski definition) is 5. The van der Waals surface area contributed by atoms with Crippen LogP contribution in [-0.2, 0) is 6.54 Å². The third kappa shape index (κ3) is 4.49. The highest BCUT2D eigenvalue weighted by Crippen LogP contribution is 2.14. The van der Waals surface area contributed by atoms with E-state index in [4.69, 9.17) is 4.74 Å². The molecule has 3 aromatic rings. The lowest BCUT2D eigenvalue weighted by molar-refractivity contribution is 0.0945. The van der Waals surface area contributed by atoms with Crippen molar-refractivity contribution in [3.8, 4) is 11.6 Å². The third-order valence-corrected chi connectivity index (χ3v) is 3.96. The Balaban J connectivity index is 1.66. The van der Waals surface area contributed by atoms with E-state index in [0.29, 0.717) is 23.8 Å². The third-order valence-electron chi connectivity index (χ3n) is 3.96. The molecule has 0 spiro atoms. The van der Waals surface area contributed by atoms with Crippen LogP contribution >= 0.6 is 0 Å². The monoisotopic (exact) mass is 365 g/mol. The molecule has 7 heteroatoms. The largest absolute Gasteiger partial charge is 0.475 e. The lowest BCUT2D eigenvalue weighted by atomic mass is 10.2. The van der Waals surface area contributed by atoms with E-state index < -0.39 is 0 Å². The highest BCUT2D eigenvalue weighted by atomic mass is 16.5. The zero-order valence-corrected chi connectivity index (χ0v) is 15.9. The maximum absolute atomic E-state index is 12.5. The molecule has 7 nitrogen and oxygen atoms in total. The summed E-state index contributed by atoms with van der Waals surface area (Å²) in [5.41, 5.74) is 3.87. The lowest BCUT2D eigenvalue weighted by Gasteiger charge is -2.09. The quantitative estimate of drug-likeness (QED) is 0.726. The minimum Gasteiger partial charge on any atom is -0.475 e. The Labute approximate surface area is 158 Å². The first kappa shape index (κ1) is 18.6. The molecule has 0 aliphatic rings. The van der Waals surface area contributed by atoms with E-state index in [1.54, 1.807) is 16.9 Å². The molecular weight excluding hydrogens is 342 g/mol. The molecule has 0 atom stereocenters. The lowest BCUT2D eigenvalue weighted by Crippen LogP contribution is -2.24. The number of benzene rings is 1. The number of pyridine rings is 1. The molecule has 0 aliphatic carbocycles. The van der Waals surface area contributed by atoms with Crippen LogP contribution in [0.15, 0.2) is 42.6 Å². The number of nitrogens with one attached hydrogen (secondary N) is 1. The van der Waals surface area contributed by atoms with Gasteiger partial charge in [0.15, 0.2) is 5.69 Å². The normalized spacial score (nSPS) is 10.9. The van der Waals surface area contributed by atoms with Crippen LogP contribution in [0.5, 0.6) is 5.88 Å². The molecule has 1 N–H and O–H groups in total. The molecular formula is C20H23N5O2. The number of nitrogens with zero attached hydrogens (tertiary/aromatic N) is 4. The topological polar surface area (TPSA) is 81.9 Å². The van der Waals surface area contributed by atoms with Crippen molar-refractivity contribution in [2.75, 3.05) is 0 Å². The molecule has 2 heterocycles. The number of carbonyl (C=O) groups is 1. The van der Waals surface area contributed by atoms with Gasteiger partial charge < -0.3 is 10.1 Å². The Bertz CT molecular complexity index is 932. The Morgan fingerprint density at radius 1 is 1.22 bits per heavy atom. The molecule has 27 heavy (non-hydrogen) atoms. The summed E-state index contributed by atoms with van der Waals surface area (Å²) in [5, 5.41) is 11.0. The predicted molar refractivity (Wildman–Crippen MR) is 102 cm³/mol. The fourth-order valence-corrected chi connectivity index (χ4v) is 2.64. The Morgan fingerprint density at radius 2 is 2.04 bits per heavy atom. The maximum Gasteiger partial charge on any atom is 0.274 e. The Kier molecular flexibility index (Phi) is 5.49. The first-order valence-electron chi connectivity index (χ1n) is 8.83. The summed E-state index contributed by atoms with van der Waals surface area (Å²) in [6.07, 6.45) is 1.76. The first-order valence-corrected chi connectivity index (χ1v) is 8.83. The minimum atomic E-state index is -0.270. The van der Waals surface area contributed by atoms with Crippen molar-refractivity contribution in [3.63, 3.8) is 0 Å². The summed E-state index contributed by atoms with van der Waals surface area (Å²) in [4.78, 5) is 16.7. The molecule has 1 aromatic carbocycles. The molecule has 0 fully saturated rings. The molecule has 0 aliphatic heterocycles. The smallest absolute Gasteiger partial charge is 0.274 e. The van der Waals surface area contributed by atoms with E-state index >= 15 is 0 Å². The van der Waals surface area contributed by atoms with Gasteiger partial charge in [-0.15, -0.1) is 5.10 Å². The van der Waals surface area contributed by atoms with Gasteiger partial charge in [0.1, 0.15) is 0 Å². The van der Waals surface area contributed by atoms with Crippen LogP contribution in [-0.4, -0.2) is 32.0 Å². The SMILES string of the molecule is Cc1cccc(-n2nnc(C(=O)NCc3ccc(OC(C)C)nc3)c2C)c1. The summed E-state index contributed by atoms with van der Waals surface area (Å²) in [5.74, 6) is 0.297. The Morgan fingerprint density at radius 3 is 2.70 bits per heavy atom. The van der Waals surface area contributed by atoms with Gasteiger partial charge in [0, 0.05) is 18.8 Å². The number of rotatable bonds is 6. The molecule has 2 aromatic heterocycles. The van der Waals surface area contributed by atoms with E-state index in [2.05, 4.69) is 20.6 Å². The van der Waals surface area contributed by atoms with Crippen molar-refractivity contribution in [1.82, 2.24) is 25.3 Å². The van der Waals surface area contributed by atoms with Crippen LogP contribution in [0, 0.1) is 13.8 Å². The minimum absolute atomic E-state index is 0.0713. The number of aromatic nitrogens is 4. The van der Waals surface area contributed by atoms with Crippen LogP contribution in [0.2, 0.25) is 0 Å². The van der Waals surface area contributed by atoms with Crippen molar-refractivity contribution in [2.45, 2.75) is 40.3 Å². The number of hydrogen-bond donors (Lipinski definition) is 1. The number of carbonyl (C=O) groups excluding carboxylic acids is 1. The predicted octanol–water partition coefficient (Wildman–Crippen LogP) is 3.00. The fraction of sp³-hybridized carbons (Fsp3) is 0.300. The summed E-state index contributed by atoms with van der Waals surface area (Å²) in [6.45, 7) is 8.08. The fourth-order valence-electron chi connectivity index (χ4n) is 2.64. The van der Waals surface area contributed by atoms with Gasteiger partial charge in [-0.25, -0.2) is 9.67 Å². The highest BCUT2D eigenvalue weighted by molar-refractivity contribution is 5.93. The second kappa shape index (κ2) is 7.99. The van der Waals surface area contributed by atoms with Gasteiger partial charge in [0.2, 0.25) is 5.88 Å². The van der Waals surface area contributed by atoms with E-state index in [-0.39, 0.29) is 12.0 Å². The van der Waals surface area contributed by atoms with E-state index in [0.717, 1.165) is 16.8 Å². The molecule has 140 valence electrons. The molecule has 0 bridgehead atoms. The summed E-state index contributed by atoms with van der Waals surface area (Å²) >= 11 is 0. The van der Waals surface area contributed by atoms with Crippen molar-refractivity contribution < 1.29 is 9.53 Å². The van der Waals surface area contributed by atoms with Crippen LogP contribution in [0.3, 0.4) is 0 Å². The molecule has 1 amide bonds. The van der Waals surface area contributed by atoms with Gasteiger partial charge in [-0.2, -0.15) is 0 Å². The van der Waals surface area contributed by atoms with E-state index in [1.165, 1.54) is 0 Å². The van der Waals surface area contributed by atoms with Gasteiger partial charge in [0.05, 0.1) is 17.5 Å². The van der Waals surface area contributed by atoms with Gasteiger partial charge >= 0.3 is 0 Å². The zero-order valence-electron chi connectivity index (χ0n) is 15.9. The maximum atomic E-state index is 12.5. The van der Waals surface area contributed by atoms with Crippen molar-refractivity contribution in [1.29, 1.82) is 0 Å². The molecule has 0 saturated carbocycles. The molecule has 3 rings (SSSR count). The summed E-state index contributed by atoms with van der Waals surface area (Å²) < 4.78 is 7.18. The van der Waals surface area contributed by atoms with E-state index in [1.807, 2.05) is 58.0 Å². The van der Waals surface area contributed by atoms with Crippen molar-refractivity contribution in [3.05, 3.63) is 65.1 Å². The van der Waals surface area contributed by atoms with Gasteiger partial charge in [-0.1, -0.05) is 23.4 Å². The molecule has 0 unspecified atom stereocenters. The number of aryl methyl sites for hydroxylation is 1. The highest BCUT2D eigenvalue weighted by Gasteiger charge is 2.17. The summed E-state index contributed by atoms with van der Waals surface area (Å²) in [7, 11) is 0. The molecule has 0 radical (unpaired) electrons. The van der Waals surface area contributed by atoms with Crippen molar-refractivity contribution >= 4 is 5.91 Å². The second-order valence-corrected chi connectivity index (χ2v) is 6.63. The van der Waals surface area contributed by atoms with E-state index in [9.17, 15) is 4.79 Å². The number of ether oxygens (including phenoxy) is 1. The standard InChI is InChI=1S/C20H23N5O2/c1-13(2)27-18-9-8-16(11-21-18)12-22-20(26)19-15(4)25(24-23-19)17-7-5-6-14(3)10-17/h5-11,13H,12H2,1-4H3,(H,22,26). The van der Waals surface area contributed by atoms with Crippen molar-refractivity contribution in [2.24, 2.45) is 0 Å². The van der Waals surface area contributed by atoms with Gasteiger partial charge in [-0.3, -0.25) is 4.79 Å². The second-order valence-electron chi connectivity index (χ2n) is 6.63. The molecule has 0 saturated heterocycles. The summed E-state index contributed by atoms with van der Waals surface area (Å²) in [6, 6.07) is 11.6. The average Bonchev–Trinajstić information content (AvgIpc) is 3.02. The first-order chi connectivity index (χ1) is 12.9. The van der Waals surface area contributed by atoms with Gasteiger partial charge in [-0.05, 0) is 51.0 Å². The van der Waals surface area contributed by atoms with Crippen LogP contribution in [0.1, 0.15) is 41.2 Å². The van der Waals surface area contributed by atoms with Crippen LogP contribution in [0.25, 0.3) is 5.69 Å². The zero-order chi connectivity index (χ0) is 19.4. The number of amides is 1. The average molecular weight is 365 g/mol. The van der Waals surface area contributed by atoms with Gasteiger partial charge in [0.25, 0.3) is 5.91 Å². The Hall–Kier alpha value is -3.22. The van der Waals surface area contributed by atoms with Crippen LogP contribution in [0.4, 0.5) is 0 Å².